The summed E-state index contributed by atoms with van der Waals surface area (Å²) in [6.45, 7) is 0.897. The van der Waals surface area contributed by atoms with Crippen LogP contribution in [0.3, 0.4) is 0 Å². The van der Waals surface area contributed by atoms with E-state index in [9.17, 15) is 0 Å². The summed E-state index contributed by atoms with van der Waals surface area (Å²) in [4.78, 5) is 5.57. The summed E-state index contributed by atoms with van der Waals surface area (Å²) in [6.07, 6.45) is -0.604. The SMILES string of the molecule is Clc1ccccc1[C@H]1OC[C@@H]2C(c3ccccc3)=NO[C@@H]2CO1. The molecule has 4 rings (SSSR count). The predicted molar refractivity (Wildman–Crippen MR) is 87.4 cm³/mol. The van der Waals surface area contributed by atoms with Gasteiger partial charge < -0.3 is 14.3 Å². The molecular formula is C18H16ClNO3. The van der Waals surface area contributed by atoms with E-state index in [1.165, 1.54) is 0 Å². The average Bonchev–Trinajstić information content (AvgIpc) is 2.88. The second-order valence-electron chi connectivity index (χ2n) is 5.61. The molecule has 2 aliphatic rings. The van der Waals surface area contributed by atoms with Crippen LogP contribution in [0.1, 0.15) is 17.4 Å². The molecule has 0 saturated carbocycles. The summed E-state index contributed by atoms with van der Waals surface area (Å²) < 4.78 is 11.8. The van der Waals surface area contributed by atoms with Crippen molar-refractivity contribution < 1.29 is 14.3 Å². The van der Waals surface area contributed by atoms with E-state index in [2.05, 4.69) is 5.16 Å². The van der Waals surface area contributed by atoms with Crippen molar-refractivity contribution >= 4 is 17.3 Å². The third-order valence-corrected chi connectivity index (χ3v) is 4.50. The summed E-state index contributed by atoms with van der Waals surface area (Å²) >= 11 is 6.24. The highest BCUT2D eigenvalue weighted by Crippen LogP contribution is 2.33. The van der Waals surface area contributed by atoms with Crippen molar-refractivity contribution in [2.75, 3.05) is 13.2 Å². The third kappa shape index (κ3) is 2.85. The maximum absolute atomic E-state index is 6.24. The lowest BCUT2D eigenvalue weighted by Gasteiger charge is -2.17. The van der Waals surface area contributed by atoms with Gasteiger partial charge in [-0.2, -0.15) is 0 Å². The Hall–Kier alpha value is -1.88. The molecule has 0 unspecified atom stereocenters. The number of halogens is 1. The zero-order valence-electron chi connectivity index (χ0n) is 12.4. The molecule has 5 heteroatoms. The lowest BCUT2D eigenvalue weighted by molar-refractivity contribution is -0.139. The van der Waals surface area contributed by atoms with E-state index in [0.717, 1.165) is 16.8 Å². The fraction of sp³-hybridized carbons (Fsp3) is 0.278. The molecule has 0 aliphatic carbocycles. The summed E-state index contributed by atoms with van der Waals surface area (Å²) in [5.41, 5.74) is 2.81. The average molecular weight is 330 g/mol. The maximum Gasteiger partial charge on any atom is 0.185 e. The maximum atomic E-state index is 6.24. The van der Waals surface area contributed by atoms with Gasteiger partial charge in [-0.05, 0) is 11.6 Å². The standard InChI is InChI=1S/C18H16ClNO3/c19-15-9-5-4-8-13(15)18-21-10-14-16(11-22-18)23-20-17(14)12-6-2-1-3-7-12/h1-9,14,16,18H,10-11H2/t14-,16+,18-/m0/s1. The fourth-order valence-corrected chi connectivity index (χ4v) is 3.14. The van der Waals surface area contributed by atoms with Crippen molar-refractivity contribution in [3.63, 3.8) is 0 Å². The van der Waals surface area contributed by atoms with Gasteiger partial charge in [0.15, 0.2) is 12.4 Å². The number of nitrogens with zero attached hydrogens (tertiary/aromatic N) is 1. The molecule has 118 valence electrons. The lowest BCUT2D eigenvalue weighted by atomic mass is 9.93. The van der Waals surface area contributed by atoms with Gasteiger partial charge in [0.25, 0.3) is 0 Å². The largest absolute Gasteiger partial charge is 0.389 e. The molecule has 0 spiro atoms. The number of fused-ring (bicyclic) bond motifs is 1. The van der Waals surface area contributed by atoms with Crippen LogP contribution in [0.2, 0.25) is 5.02 Å². The summed E-state index contributed by atoms with van der Waals surface area (Å²) in [7, 11) is 0. The monoisotopic (exact) mass is 329 g/mol. The Morgan fingerprint density at radius 2 is 1.65 bits per heavy atom. The van der Waals surface area contributed by atoms with Gasteiger partial charge in [0.1, 0.15) is 0 Å². The van der Waals surface area contributed by atoms with Gasteiger partial charge in [-0.25, -0.2) is 0 Å². The third-order valence-electron chi connectivity index (χ3n) is 4.15. The molecular weight excluding hydrogens is 314 g/mol. The number of rotatable bonds is 2. The fourth-order valence-electron chi connectivity index (χ4n) is 2.92. The van der Waals surface area contributed by atoms with Gasteiger partial charge in [0, 0.05) is 10.6 Å². The van der Waals surface area contributed by atoms with Crippen molar-refractivity contribution in [1.29, 1.82) is 0 Å². The van der Waals surface area contributed by atoms with Crippen LogP contribution in [-0.2, 0) is 14.3 Å². The van der Waals surface area contributed by atoms with Crippen molar-refractivity contribution in [3.8, 4) is 0 Å². The minimum atomic E-state index is -0.477. The molecule has 23 heavy (non-hydrogen) atoms. The number of ether oxygens (including phenoxy) is 2. The van der Waals surface area contributed by atoms with Crippen molar-refractivity contribution in [1.82, 2.24) is 0 Å². The minimum Gasteiger partial charge on any atom is -0.389 e. The molecule has 2 aromatic rings. The Kier molecular flexibility index (Phi) is 4.04. The molecule has 0 amide bonds. The topological polar surface area (TPSA) is 40.0 Å². The summed E-state index contributed by atoms with van der Waals surface area (Å²) in [5.74, 6) is 0.0601. The molecule has 0 bridgehead atoms. The van der Waals surface area contributed by atoms with Crippen LogP contribution < -0.4 is 0 Å². The van der Waals surface area contributed by atoms with Gasteiger partial charge in [-0.3, -0.25) is 0 Å². The number of hydrogen-bond acceptors (Lipinski definition) is 4. The van der Waals surface area contributed by atoms with E-state index >= 15 is 0 Å². The molecule has 0 radical (unpaired) electrons. The van der Waals surface area contributed by atoms with Gasteiger partial charge in [0.2, 0.25) is 0 Å². The Balaban J connectivity index is 1.54. The second-order valence-corrected chi connectivity index (χ2v) is 6.02. The highest BCUT2D eigenvalue weighted by Gasteiger charge is 2.39. The van der Waals surface area contributed by atoms with Crippen LogP contribution in [0.15, 0.2) is 59.8 Å². The summed E-state index contributed by atoms with van der Waals surface area (Å²) in [6, 6.07) is 17.6. The van der Waals surface area contributed by atoms with Crippen LogP contribution in [0.4, 0.5) is 0 Å². The first-order valence-corrected chi connectivity index (χ1v) is 7.97. The molecule has 3 atom stereocenters. The van der Waals surface area contributed by atoms with Crippen LogP contribution in [-0.4, -0.2) is 25.0 Å². The zero-order valence-corrected chi connectivity index (χ0v) is 13.1. The van der Waals surface area contributed by atoms with Gasteiger partial charge in [-0.15, -0.1) is 0 Å². The molecule has 2 aliphatic heterocycles. The molecule has 0 N–H and O–H groups in total. The van der Waals surface area contributed by atoms with E-state index in [1.54, 1.807) is 0 Å². The smallest absolute Gasteiger partial charge is 0.185 e. The Morgan fingerprint density at radius 3 is 2.48 bits per heavy atom. The zero-order chi connectivity index (χ0) is 15.6. The van der Waals surface area contributed by atoms with Crippen LogP contribution in [0.5, 0.6) is 0 Å². The first kappa shape index (κ1) is 14.7. The molecule has 2 aromatic carbocycles. The van der Waals surface area contributed by atoms with Crippen molar-refractivity contribution in [2.45, 2.75) is 12.4 Å². The Labute approximate surface area is 139 Å². The highest BCUT2D eigenvalue weighted by molar-refractivity contribution is 6.31. The van der Waals surface area contributed by atoms with Gasteiger partial charge in [-0.1, -0.05) is 65.3 Å². The molecule has 0 aromatic heterocycles. The second kappa shape index (κ2) is 6.32. The van der Waals surface area contributed by atoms with E-state index < -0.39 is 6.29 Å². The van der Waals surface area contributed by atoms with Crippen LogP contribution >= 0.6 is 11.6 Å². The first-order chi connectivity index (χ1) is 11.3. The van der Waals surface area contributed by atoms with E-state index in [4.69, 9.17) is 25.9 Å². The van der Waals surface area contributed by atoms with Crippen molar-refractivity contribution in [2.24, 2.45) is 11.1 Å². The Morgan fingerprint density at radius 1 is 0.913 bits per heavy atom. The highest BCUT2D eigenvalue weighted by atomic mass is 35.5. The first-order valence-electron chi connectivity index (χ1n) is 7.59. The van der Waals surface area contributed by atoms with E-state index in [0.29, 0.717) is 18.2 Å². The van der Waals surface area contributed by atoms with E-state index in [1.807, 2.05) is 54.6 Å². The number of oxime groups is 1. The minimum absolute atomic E-state index is 0.0601. The normalized spacial score (nSPS) is 26.8. The quantitative estimate of drug-likeness (QED) is 0.841. The van der Waals surface area contributed by atoms with Crippen molar-refractivity contribution in [3.05, 3.63) is 70.7 Å². The molecule has 2 heterocycles. The van der Waals surface area contributed by atoms with E-state index in [-0.39, 0.29) is 12.0 Å². The van der Waals surface area contributed by atoms with Crippen LogP contribution in [0.25, 0.3) is 0 Å². The lowest BCUT2D eigenvalue weighted by Crippen LogP contribution is -2.29. The molecule has 1 saturated heterocycles. The number of benzene rings is 2. The Bertz CT molecular complexity index is 719. The number of hydrogen-bond donors (Lipinski definition) is 0. The van der Waals surface area contributed by atoms with Gasteiger partial charge >= 0.3 is 0 Å². The molecule has 4 nitrogen and oxygen atoms in total. The predicted octanol–water partition coefficient (Wildman–Crippen LogP) is 3.80. The molecule has 1 fully saturated rings. The van der Waals surface area contributed by atoms with Gasteiger partial charge in [0.05, 0.1) is 24.8 Å². The summed E-state index contributed by atoms with van der Waals surface area (Å²) in [5, 5.41) is 4.88. The van der Waals surface area contributed by atoms with Crippen LogP contribution in [0, 0.1) is 5.92 Å².